The third-order valence-electron chi connectivity index (χ3n) is 3.97. The predicted molar refractivity (Wildman–Crippen MR) is 81.9 cm³/mol. The first-order chi connectivity index (χ1) is 10.0. The second kappa shape index (κ2) is 5.95. The van der Waals surface area contributed by atoms with E-state index >= 15 is 0 Å². The van der Waals surface area contributed by atoms with Crippen LogP contribution in [0.5, 0.6) is 5.75 Å². The molecule has 0 aliphatic carbocycles. The third kappa shape index (κ3) is 3.76. The number of hydrogen-bond acceptors (Lipinski definition) is 4. The summed E-state index contributed by atoms with van der Waals surface area (Å²) in [6.45, 7) is 9.30. The average molecular weight is 291 g/mol. The van der Waals surface area contributed by atoms with Crippen LogP contribution in [0.2, 0.25) is 0 Å². The molecule has 0 radical (unpaired) electrons. The van der Waals surface area contributed by atoms with Gasteiger partial charge < -0.3 is 19.5 Å². The summed E-state index contributed by atoms with van der Waals surface area (Å²) in [5.74, 6) is 1.01. The minimum atomic E-state index is -0.107. The van der Waals surface area contributed by atoms with Crippen molar-refractivity contribution in [3.8, 4) is 5.75 Å². The fourth-order valence-corrected chi connectivity index (χ4v) is 3.03. The molecule has 1 aromatic rings. The van der Waals surface area contributed by atoms with Crippen LogP contribution in [0.1, 0.15) is 25.0 Å². The van der Waals surface area contributed by atoms with Gasteiger partial charge in [0.05, 0.1) is 24.9 Å². The van der Waals surface area contributed by atoms with E-state index in [-0.39, 0.29) is 17.8 Å². The van der Waals surface area contributed by atoms with Crippen LogP contribution in [-0.2, 0) is 15.9 Å². The Labute approximate surface area is 126 Å². The molecule has 0 saturated carbocycles. The molecule has 2 aliphatic heterocycles. The molecule has 4 heteroatoms. The maximum atomic E-state index is 5.99. The Kier molecular flexibility index (Phi) is 4.20. The molecule has 0 bridgehead atoms. The third-order valence-corrected chi connectivity index (χ3v) is 3.97. The van der Waals surface area contributed by atoms with Crippen molar-refractivity contribution in [2.45, 2.75) is 45.0 Å². The Balaban J connectivity index is 1.43. The van der Waals surface area contributed by atoms with E-state index in [9.17, 15) is 0 Å². The summed E-state index contributed by atoms with van der Waals surface area (Å²) in [6.07, 6.45) is 1.19. The van der Waals surface area contributed by atoms with Crippen LogP contribution in [-0.4, -0.2) is 44.1 Å². The minimum absolute atomic E-state index is 0.107. The highest BCUT2D eigenvalue weighted by Gasteiger charge is 2.29. The second-order valence-electron chi connectivity index (χ2n) is 6.72. The molecular weight excluding hydrogens is 266 g/mol. The first-order valence-electron chi connectivity index (χ1n) is 7.74. The van der Waals surface area contributed by atoms with Crippen molar-refractivity contribution in [1.29, 1.82) is 0 Å². The van der Waals surface area contributed by atoms with Crippen molar-refractivity contribution < 1.29 is 14.2 Å². The second-order valence-corrected chi connectivity index (χ2v) is 6.72. The van der Waals surface area contributed by atoms with Gasteiger partial charge in [-0.2, -0.15) is 0 Å². The topological polar surface area (TPSA) is 39.7 Å². The molecule has 1 aromatic carbocycles. The van der Waals surface area contributed by atoms with Crippen molar-refractivity contribution in [3.63, 3.8) is 0 Å². The van der Waals surface area contributed by atoms with Gasteiger partial charge in [0.25, 0.3) is 0 Å². The molecule has 1 saturated heterocycles. The zero-order chi connectivity index (χ0) is 14.9. The van der Waals surface area contributed by atoms with E-state index in [0.29, 0.717) is 13.2 Å². The lowest BCUT2D eigenvalue weighted by Gasteiger charge is -2.36. The van der Waals surface area contributed by atoms with Gasteiger partial charge in [0.1, 0.15) is 11.9 Å². The Morgan fingerprint density at radius 2 is 2.10 bits per heavy atom. The summed E-state index contributed by atoms with van der Waals surface area (Å²) in [5, 5.41) is 3.39. The van der Waals surface area contributed by atoms with Crippen molar-refractivity contribution in [2.24, 2.45) is 0 Å². The number of ether oxygens (including phenoxy) is 3. The lowest BCUT2D eigenvalue weighted by molar-refractivity contribution is -0.123. The molecule has 1 fully saturated rings. The van der Waals surface area contributed by atoms with Gasteiger partial charge in [0, 0.05) is 19.5 Å². The summed E-state index contributed by atoms with van der Waals surface area (Å²) in [7, 11) is 0. The fourth-order valence-electron chi connectivity index (χ4n) is 3.03. The van der Waals surface area contributed by atoms with E-state index in [1.807, 2.05) is 0 Å². The summed E-state index contributed by atoms with van der Waals surface area (Å²) >= 11 is 0. The molecule has 3 rings (SSSR count). The van der Waals surface area contributed by atoms with E-state index in [0.717, 1.165) is 25.3 Å². The quantitative estimate of drug-likeness (QED) is 0.922. The number of aryl methyl sites for hydroxylation is 1. The molecule has 2 unspecified atom stereocenters. The number of benzene rings is 1. The van der Waals surface area contributed by atoms with Crippen LogP contribution >= 0.6 is 0 Å². The van der Waals surface area contributed by atoms with Crippen molar-refractivity contribution in [1.82, 2.24) is 5.32 Å². The van der Waals surface area contributed by atoms with Gasteiger partial charge in [-0.05, 0) is 32.4 Å². The van der Waals surface area contributed by atoms with Gasteiger partial charge in [-0.1, -0.05) is 17.7 Å². The molecule has 4 nitrogen and oxygen atoms in total. The number of fused-ring (bicyclic) bond motifs is 1. The first-order valence-corrected chi connectivity index (χ1v) is 7.74. The number of morpholine rings is 1. The molecule has 0 amide bonds. The van der Waals surface area contributed by atoms with E-state index in [1.54, 1.807) is 0 Å². The van der Waals surface area contributed by atoms with Gasteiger partial charge in [0.2, 0.25) is 0 Å². The van der Waals surface area contributed by atoms with Crippen LogP contribution in [0.15, 0.2) is 18.2 Å². The predicted octanol–water partition coefficient (Wildman–Crippen LogP) is 2.08. The van der Waals surface area contributed by atoms with E-state index in [4.69, 9.17) is 14.2 Å². The van der Waals surface area contributed by atoms with Crippen molar-refractivity contribution in [2.75, 3.05) is 26.3 Å². The SMILES string of the molecule is Cc1ccc2c(c1)CC(COCC1CNCC(C)(C)O1)O2. The monoisotopic (exact) mass is 291 g/mol. The molecule has 0 aromatic heterocycles. The molecular formula is C17H25NO3. The largest absolute Gasteiger partial charge is 0.487 e. The maximum Gasteiger partial charge on any atom is 0.126 e. The van der Waals surface area contributed by atoms with E-state index < -0.39 is 0 Å². The van der Waals surface area contributed by atoms with Crippen LogP contribution in [0.3, 0.4) is 0 Å². The highest BCUT2D eigenvalue weighted by molar-refractivity contribution is 5.40. The molecule has 2 atom stereocenters. The summed E-state index contributed by atoms with van der Waals surface area (Å²) in [6, 6.07) is 6.35. The van der Waals surface area contributed by atoms with Crippen molar-refractivity contribution in [3.05, 3.63) is 29.3 Å². The Bertz CT molecular complexity index is 501. The van der Waals surface area contributed by atoms with Gasteiger partial charge in [-0.3, -0.25) is 0 Å². The molecule has 2 aliphatic rings. The molecule has 0 spiro atoms. The van der Waals surface area contributed by atoms with Crippen molar-refractivity contribution >= 4 is 0 Å². The molecule has 2 heterocycles. The zero-order valence-corrected chi connectivity index (χ0v) is 13.1. The number of nitrogens with one attached hydrogen (secondary N) is 1. The van der Waals surface area contributed by atoms with Gasteiger partial charge in [-0.15, -0.1) is 0 Å². The van der Waals surface area contributed by atoms with Crippen LogP contribution < -0.4 is 10.1 Å². The molecule has 1 N–H and O–H groups in total. The zero-order valence-electron chi connectivity index (χ0n) is 13.1. The minimum Gasteiger partial charge on any atom is -0.487 e. The van der Waals surface area contributed by atoms with Crippen LogP contribution in [0.4, 0.5) is 0 Å². The summed E-state index contributed by atoms with van der Waals surface area (Å²) in [5.41, 5.74) is 2.47. The molecule has 116 valence electrons. The smallest absolute Gasteiger partial charge is 0.126 e. The number of hydrogen-bond donors (Lipinski definition) is 1. The summed E-state index contributed by atoms with van der Waals surface area (Å²) < 4.78 is 17.7. The Morgan fingerprint density at radius 1 is 1.29 bits per heavy atom. The normalized spacial score (nSPS) is 27.2. The highest BCUT2D eigenvalue weighted by atomic mass is 16.6. The van der Waals surface area contributed by atoms with E-state index in [2.05, 4.69) is 44.3 Å². The van der Waals surface area contributed by atoms with Crippen LogP contribution in [0.25, 0.3) is 0 Å². The lowest BCUT2D eigenvalue weighted by Crippen LogP contribution is -2.52. The summed E-state index contributed by atoms with van der Waals surface area (Å²) in [4.78, 5) is 0. The standard InChI is InChI=1S/C17H25NO3/c1-12-4-5-16-13(6-12)7-14(20-16)9-19-10-15-8-18-11-17(2,3)21-15/h4-6,14-15,18H,7-11H2,1-3H3. The highest BCUT2D eigenvalue weighted by Crippen LogP contribution is 2.29. The van der Waals surface area contributed by atoms with Gasteiger partial charge in [-0.25, -0.2) is 0 Å². The molecule has 21 heavy (non-hydrogen) atoms. The first kappa shape index (κ1) is 14.8. The maximum absolute atomic E-state index is 5.99. The Morgan fingerprint density at radius 3 is 2.90 bits per heavy atom. The van der Waals surface area contributed by atoms with E-state index in [1.165, 1.54) is 11.1 Å². The fraction of sp³-hybridized carbons (Fsp3) is 0.647. The number of rotatable bonds is 4. The Hall–Kier alpha value is -1.10. The van der Waals surface area contributed by atoms with Crippen LogP contribution in [0, 0.1) is 6.92 Å². The van der Waals surface area contributed by atoms with Gasteiger partial charge >= 0.3 is 0 Å². The lowest BCUT2D eigenvalue weighted by atomic mass is 10.1. The van der Waals surface area contributed by atoms with Gasteiger partial charge in [0.15, 0.2) is 0 Å². The average Bonchev–Trinajstić information content (AvgIpc) is 2.79.